The van der Waals surface area contributed by atoms with E-state index >= 15 is 0 Å². The number of hydrogen-bond acceptors (Lipinski definition) is 4. The molecule has 3 rings (SSSR count). The molecule has 1 heterocycles. The number of carbonyl (C=O) groups excluding carboxylic acids is 2. The first-order valence-electron chi connectivity index (χ1n) is 10.4. The van der Waals surface area contributed by atoms with Crippen LogP contribution in [0.3, 0.4) is 0 Å². The zero-order valence-corrected chi connectivity index (χ0v) is 18.4. The van der Waals surface area contributed by atoms with Gasteiger partial charge in [-0.1, -0.05) is 37.6 Å². The van der Waals surface area contributed by atoms with Crippen molar-refractivity contribution >= 4 is 35.4 Å². The van der Waals surface area contributed by atoms with Crippen molar-refractivity contribution in [2.75, 3.05) is 25.1 Å². The van der Waals surface area contributed by atoms with Gasteiger partial charge in [-0.3, -0.25) is 4.79 Å². The van der Waals surface area contributed by atoms with Crippen molar-refractivity contribution in [2.24, 2.45) is 0 Å². The van der Waals surface area contributed by atoms with Gasteiger partial charge >= 0.3 is 5.91 Å². The number of benzene rings is 1. The molecule has 0 aromatic heterocycles. The fourth-order valence-electron chi connectivity index (χ4n) is 3.19. The van der Waals surface area contributed by atoms with Crippen molar-refractivity contribution in [3.05, 3.63) is 65.5 Å². The summed E-state index contributed by atoms with van der Waals surface area (Å²) in [5, 5.41) is 2.96. The first-order chi connectivity index (χ1) is 14.6. The minimum atomic E-state index is -0.255. The zero-order chi connectivity index (χ0) is 21.3. The van der Waals surface area contributed by atoms with E-state index in [1.807, 2.05) is 48.2 Å². The van der Waals surface area contributed by atoms with Crippen LogP contribution >= 0.6 is 11.8 Å². The highest BCUT2D eigenvalue weighted by Crippen LogP contribution is 2.20. The molecule has 30 heavy (non-hydrogen) atoms. The highest BCUT2D eigenvalue weighted by atomic mass is 32.2. The number of ether oxygens (including phenoxy) is 1. The average molecular weight is 426 g/mol. The Morgan fingerprint density at radius 3 is 2.73 bits per heavy atom. The summed E-state index contributed by atoms with van der Waals surface area (Å²) in [6.07, 6.45) is 12.5. The van der Waals surface area contributed by atoms with E-state index in [-0.39, 0.29) is 17.9 Å². The topological polar surface area (TPSA) is 58.4 Å². The van der Waals surface area contributed by atoms with Gasteiger partial charge in [-0.15, -0.1) is 0 Å². The van der Waals surface area contributed by atoms with E-state index < -0.39 is 0 Å². The molecule has 0 radical (unpaired) electrons. The van der Waals surface area contributed by atoms with Crippen LogP contribution < -0.4 is 5.32 Å². The van der Waals surface area contributed by atoms with Crippen LogP contribution in [-0.2, 0) is 9.53 Å². The summed E-state index contributed by atoms with van der Waals surface area (Å²) in [5.74, 6) is 2.30. The van der Waals surface area contributed by atoms with Gasteiger partial charge in [0.15, 0.2) is 0 Å². The monoisotopic (exact) mass is 425 g/mol. The molecule has 0 bridgehead atoms. The lowest BCUT2D eigenvalue weighted by molar-refractivity contribution is -0.424. The van der Waals surface area contributed by atoms with E-state index in [2.05, 4.69) is 12.2 Å². The molecule has 1 atom stereocenters. The van der Waals surface area contributed by atoms with Crippen molar-refractivity contribution in [2.45, 2.75) is 32.3 Å². The van der Waals surface area contributed by atoms with Gasteiger partial charge < -0.3 is 10.1 Å². The van der Waals surface area contributed by atoms with Crippen LogP contribution in [0.5, 0.6) is 0 Å². The molecule has 0 saturated heterocycles. The summed E-state index contributed by atoms with van der Waals surface area (Å²) < 4.78 is 7.48. The Kier molecular flexibility index (Phi) is 8.08. The van der Waals surface area contributed by atoms with Crippen LogP contribution in [0.25, 0.3) is 6.08 Å². The number of hydrogen-bond donors (Lipinski definition) is 1. The minimum Gasteiger partial charge on any atom is -0.465 e. The Morgan fingerprint density at radius 2 is 1.97 bits per heavy atom. The molecule has 6 heteroatoms. The van der Waals surface area contributed by atoms with Gasteiger partial charge in [0.05, 0.1) is 0 Å². The lowest BCUT2D eigenvalue weighted by atomic mass is 10.1. The molecule has 2 aliphatic rings. The molecular weight excluding hydrogens is 396 g/mol. The number of unbranched alkanes of at least 4 members (excludes halogenated alkanes) is 1. The number of nitrogens with one attached hydrogen (secondary N) is 1. The summed E-state index contributed by atoms with van der Waals surface area (Å²) in [4.78, 5) is 24.9. The van der Waals surface area contributed by atoms with E-state index in [1.165, 1.54) is 18.6 Å². The molecule has 2 amide bonds. The molecule has 0 saturated carbocycles. The number of likely N-dealkylation sites (N-methyl/N-ethyl adjacent to an activating group) is 1. The molecule has 5 nitrogen and oxygen atoms in total. The van der Waals surface area contributed by atoms with Gasteiger partial charge in [0.1, 0.15) is 7.05 Å². The van der Waals surface area contributed by atoms with E-state index in [0.29, 0.717) is 17.9 Å². The van der Waals surface area contributed by atoms with Crippen LogP contribution in [0.2, 0.25) is 0 Å². The lowest BCUT2D eigenvalue weighted by Gasteiger charge is -2.21. The van der Waals surface area contributed by atoms with Gasteiger partial charge in [-0.05, 0) is 54.2 Å². The van der Waals surface area contributed by atoms with Gasteiger partial charge in [-0.25, -0.2) is 4.79 Å². The smallest absolute Gasteiger partial charge is 0.454 e. The molecule has 1 aromatic carbocycles. The van der Waals surface area contributed by atoms with Crippen LogP contribution in [0.1, 0.15) is 42.1 Å². The molecule has 1 aliphatic heterocycles. The Morgan fingerprint density at radius 1 is 1.20 bits per heavy atom. The van der Waals surface area contributed by atoms with E-state index in [9.17, 15) is 9.59 Å². The maximum atomic E-state index is 12.6. The first-order valence-corrected chi connectivity index (χ1v) is 11.6. The normalized spacial score (nSPS) is 19.1. The van der Waals surface area contributed by atoms with E-state index in [1.54, 1.807) is 29.8 Å². The van der Waals surface area contributed by atoms with Crippen molar-refractivity contribution in [3.63, 3.8) is 0 Å². The third-order valence-corrected chi connectivity index (χ3v) is 6.13. The fraction of sp³-hybridized carbons (Fsp3) is 0.375. The predicted octanol–water partition coefficient (Wildman–Crippen LogP) is 3.82. The van der Waals surface area contributed by atoms with Crippen molar-refractivity contribution in [3.8, 4) is 0 Å². The van der Waals surface area contributed by atoms with E-state index in [0.717, 1.165) is 23.4 Å². The molecule has 158 valence electrons. The van der Waals surface area contributed by atoms with Crippen LogP contribution in [0.15, 0.2) is 54.3 Å². The number of amides is 2. The predicted molar refractivity (Wildman–Crippen MR) is 123 cm³/mol. The molecule has 0 fully saturated rings. The third-order valence-electron chi connectivity index (χ3n) is 4.98. The molecular formula is C24H29N2O3S+. The maximum Gasteiger partial charge on any atom is 0.454 e. The van der Waals surface area contributed by atoms with Gasteiger partial charge in [0.2, 0.25) is 17.6 Å². The quantitative estimate of drug-likeness (QED) is 0.371. The Hall–Kier alpha value is -2.60. The Labute approximate surface area is 182 Å². The third kappa shape index (κ3) is 5.72. The summed E-state index contributed by atoms with van der Waals surface area (Å²) in [6.45, 7) is 2.88. The maximum absolute atomic E-state index is 12.6. The molecule has 1 aliphatic carbocycles. The van der Waals surface area contributed by atoms with E-state index in [4.69, 9.17) is 4.74 Å². The SMILES string of the molecule is CCCCSCCCNC(=O)c1ccc(/C=C2/OC3C=CC=CC3=[N+](C)C2=O)cc1. The number of allylic oxidation sites excluding steroid dienone is 2. The molecule has 1 aromatic rings. The largest absolute Gasteiger partial charge is 0.465 e. The molecule has 0 spiro atoms. The van der Waals surface area contributed by atoms with Crippen LogP contribution in [-0.4, -0.2) is 53.3 Å². The first kappa shape index (κ1) is 22.1. The fourth-order valence-corrected chi connectivity index (χ4v) is 4.23. The van der Waals surface area contributed by atoms with Crippen molar-refractivity contribution in [1.82, 2.24) is 5.32 Å². The van der Waals surface area contributed by atoms with Crippen molar-refractivity contribution < 1.29 is 18.9 Å². The minimum absolute atomic E-state index is 0.0733. The number of nitrogens with zero attached hydrogens (tertiary/aromatic N) is 1. The molecule has 1 N–H and O–H groups in total. The highest BCUT2D eigenvalue weighted by molar-refractivity contribution is 7.99. The summed E-state index contributed by atoms with van der Waals surface area (Å²) >= 11 is 1.94. The number of carbonyl (C=O) groups is 2. The summed E-state index contributed by atoms with van der Waals surface area (Å²) in [5.41, 5.74) is 2.25. The average Bonchev–Trinajstić information content (AvgIpc) is 2.77. The van der Waals surface area contributed by atoms with Gasteiger partial charge in [0.25, 0.3) is 5.91 Å². The van der Waals surface area contributed by atoms with Crippen molar-refractivity contribution in [1.29, 1.82) is 0 Å². The summed E-state index contributed by atoms with van der Waals surface area (Å²) in [7, 11) is 1.75. The zero-order valence-electron chi connectivity index (χ0n) is 17.6. The second-order valence-electron chi connectivity index (χ2n) is 7.28. The summed E-state index contributed by atoms with van der Waals surface area (Å²) in [6, 6.07) is 7.20. The lowest BCUT2D eigenvalue weighted by Crippen LogP contribution is -2.40. The number of thioether (sulfide) groups is 1. The second kappa shape index (κ2) is 11.0. The Balaban J connectivity index is 1.55. The second-order valence-corrected chi connectivity index (χ2v) is 8.50. The van der Waals surface area contributed by atoms with Crippen LogP contribution in [0, 0.1) is 0 Å². The highest BCUT2D eigenvalue weighted by Gasteiger charge is 2.37. The van der Waals surface area contributed by atoms with Gasteiger partial charge in [0, 0.05) is 18.2 Å². The van der Waals surface area contributed by atoms with Gasteiger partial charge in [-0.2, -0.15) is 16.3 Å². The number of fused-ring (bicyclic) bond motifs is 1. The standard InChI is InChI=1S/C24H28N2O3S/c1-3-4-15-30-16-7-14-25-23(27)19-12-10-18(11-13-19)17-22-24(28)26(2)20-8-5-6-9-21(20)29-22/h5-6,8-13,17,21H,3-4,7,14-16H2,1-2H3/p+1/b22-17+. The Bertz CT molecular complexity index is 898. The number of rotatable bonds is 9. The van der Waals surface area contributed by atoms with Crippen LogP contribution in [0.4, 0.5) is 0 Å². The molecule has 1 unspecified atom stereocenters.